The normalized spacial score (nSPS) is 9.92. The molecular weight excluding hydrogens is 186 g/mol. The zero-order valence-corrected chi connectivity index (χ0v) is 8.20. The van der Waals surface area contributed by atoms with Crippen molar-refractivity contribution in [1.82, 2.24) is 15.1 Å². The smallest absolute Gasteiger partial charge is 0.220 e. The fraction of sp³-hybridized carbons (Fsp3) is 0.500. The van der Waals surface area contributed by atoms with Gasteiger partial charge >= 0.3 is 0 Å². The first-order chi connectivity index (χ1) is 6.33. The maximum absolute atomic E-state index is 11.0. The van der Waals surface area contributed by atoms with E-state index in [1.54, 1.807) is 10.9 Å². The number of amides is 1. The average Bonchev–Trinajstić information content (AvgIpc) is 2.57. The number of aromatic nitrogens is 2. The summed E-state index contributed by atoms with van der Waals surface area (Å²) >= 11 is 3.96. The summed E-state index contributed by atoms with van der Waals surface area (Å²) in [6, 6.07) is 1.86. The van der Waals surface area contributed by atoms with Crippen molar-refractivity contribution in [3.63, 3.8) is 0 Å². The summed E-state index contributed by atoms with van der Waals surface area (Å²) in [6.45, 7) is 1.33. The highest BCUT2D eigenvalue weighted by molar-refractivity contribution is 7.80. The number of carbonyl (C=O) groups excluding carboxylic acids is 1. The van der Waals surface area contributed by atoms with Crippen LogP contribution in [0.15, 0.2) is 18.5 Å². The molecule has 0 fully saturated rings. The predicted molar refractivity (Wildman–Crippen MR) is 53.7 cm³/mol. The Labute approximate surface area is 82.7 Å². The standard InChI is InChI=1S/C8H13N3OS/c12-8(2-7-13)9-4-6-11-5-1-3-10-11/h1,3,5,13H,2,4,6-7H2,(H,9,12). The number of carbonyl (C=O) groups is 1. The number of nitrogens with zero attached hydrogens (tertiary/aromatic N) is 2. The molecule has 0 aromatic carbocycles. The van der Waals surface area contributed by atoms with Gasteiger partial charge in [-0.2, -0.15) is 17.7 Å². The minimum atomic E-state index is 0.0437. The molecule has 0 aliphatic heterocycles. The topological polar surface area (TPSA) is 46.9 Å². The van der Waals surface area contributed by atoms with Gasteiger partial charge in [0.2, 0.25) is 5.91 Å². The quantitative estimate of drug-likeness (QED) is 0.671. The van der Waals surface area contributed by atoms with Crippen LogP contribution in [0.4, 0.5) is 0 Å². The van der Waals surface area contributed by atoms with Crippen molar-refractivity contribution in [2.75, 3.05) is 12.3 Å². The maximum Gasteiger partial charge on any atom is 0.220 e. The van der Waals surface area contributed by atoms with Gasteiger partial charge < -0.3 is 5.32 Å². The van der Waals surface area contributed by atoms with Crippen LogP contribution in [-0.2, 0) is 11.3 Å². The Bertz CT molecular complexity index is 248. The zero-order valence-electron chi connectivity index (χ0n) is 7.31. The summed E-state index contributed by atoms with van der Waals surface area (Å²) < 4.78 is 1.78. The first-order valence-electron chi connectivity index (χ1n) is 4.18. The molecule has 1 rings (SSSR count). The molecule has 13 heavy (non-hydrogen) atoms. The van der Waals surface area contributed by atoms with Crippen molar-refractivity contribution in [2.24, 2.45) is 0 Å². The van der Waals surface area contributed by atoms with E-state index in [-0.39, 0.29) is 5.91 Å². The van der Waals surface area contributed by atoms with E-state index in [1.807, 2.05) is 12.3 Å². The van der Waals surface area contributed by atoms with Gasteiger partial charge in [0.05, 0.1) is 6.54 Å². The lowest BCUT2D eigenvalue weighted by atomic mass is 10.4. The molecule has 1 N–H and O–H groups in total. The van der Waals surface area contributed by atoms with Gasteiger partial charge in [0.1, 0.15) is 0 Å². The molecule has 0 aliphatic carbocycles. The summed E-state index contributed by atoms with van der Waals surface area (Å²) in [6.07, 6.45) is 4.06. The molecule has 4 nitrogen and oxygen atoms in total. The lowest BCUT2D eigenvalue weighted by Gasteiger charge is -2.03. The van der Waals surface area contributed by atoms with Crippen LogP contribution in [0.25, 0.3) is 0 Å². The van der Waals surface area contributed by atoms with Crippen LogP contribution in [0.5, 0.6) is 0 Å². The molecule has 5 heteroatoms. The van der Waals surface area contributed by atoms with Gasteiger partial charge in [0.25, 0.3) is 0 Å². The van der Waals surface area contributed by atoms with Crippen molar-refractivity contribution in [3.05, 3.63) is 18.5 Å². The van der Waals surface area contributed by atoms with E-state index >= 15 is 0 Å². The average molecular weight is 199 g/mol. The highest BCUT2D eigenvalue weighted by atomic mass is 32.1. The third-order valence-electron chi connectivity index (χ3n) is 1.56. The van der Waals surface area contributed by atoms with Crippen molar-refractivity contribution >= 4 is 18.5 Å². The van der Waals surface area contributed by atoms with E-state index in [0.717, 1.165) is 0 Å². The molecular formula is C8H13N3OS. The van der Waals surface area contributed by atoms with Gasteiger partial charge in [-0.3, -0.25) is 9.48 Å². The van der Waals surface area contributed by atoms with E-state index in [4.69, 9.17) is 0 Å². The summed E-state index contributed by atoms with van der Waals surface area (Å²) in [5, 5.41) is 6.78. The molecule has 1 aromatic heterocycles. The van der Waals surface area contributed by atoms with Gasteiger partial charge in [-0.25, -0.2) is 0 Å². The molecule has 0 saturated carbocycles. The molecule has 72 valence electrons. The van der Waals surface area contributed by atoms with Gasteiger partial charge in [0, 0.05) is 25.4 Å². The van der Waals surface area contributed by atoms with Crippen LogP contribution >= 0.6 is 12.6 Å². The fourth-order valence-electron chi connectivity index (χ4n) is 0.933. The Balaban J connectivity index is 2.11. The van der Waals surface area contributed by atoms with Gasteiger partial charge in [-0.1, -0.05) is 0 Å². The third-order valence-corrected chi connectivity index (χ3v) is 1.78. The monoisotopic (exact) mass is 199 g/mol. The lowest BCUT2D eigenvalue weighted by Crippen LogP contribution is -2.27. The second kappa shape index (κ2) is 5.64. The van der Waals surface area contributed by atoms with E-state index < -0.39 is 0 Å². The Morgan fingerprint density at radius 3 is 3.08 bits per heavy atom. The molecule has 0 aliphatic rings. The maximum atomic E-state index is 11.0. The SMILES string of the molecule is O=C(CCS)NCCn1cccn1. The van der Waals surface area contributed by atoms with Crippen LogP contribution < -0.4 is 5.32 Å². The number of thiol groups is 1. The van der Waals surface area contributed by atoms with Crippen LogP contribution in [0, 0.1) is 0 Å². The Morgan fingerprint density at radius 2 is 2.46 bits per heavy atom. The van der Waals surface area contributed by atoms with E-state index in [1.165, 1.54) is 0 Å². The van der Waals surface area contributed by atoms with E-state index in [9.17, 15) is 4.79 Å². The van der Waals surface area contributed by atoms with Crippen LogP contribution in [-0.4, -0.2) is 28.0 Å². The molecule has 1 heterocycles. The molecule has 1 amide bonds. The lowest BCUT2D eigenvalue weighted by molar-refractivity contribution is -0.120. The predicted octanol–water partition coefficient (Wildman–Crippen LogP) is 0.319. The molecule has 0 unspecified atom stereocenters. The minimum absolute atomic E-state index is 0.0437. The molecule has 0 spiro atoms. The molecule has 0 atom stereocenters. The molecule has 0 saturated heterocycles. The molecule has 0 radical (unpaired) electrons. The van der Waals surface area contributed by atoms with E-state index in [2.05, 4.69) is 23.0 Å². The number of hydrogen-bond acceptors (Lipinski definition) is 3. The zero-order chi connectivity index (χ0) is 9.52. The van der Waals surface area contributed by atoms with Crippen molar-refractivity contribution in [1.29, 1.82) is 0 Å². The largest absolute Gasteiger partial charge is 0.354 e. The van der Waals surface area contributed by atoms with Crippen LogP contribution in [0.3, 0.4) is 0 Å². The highest BCUT2D eigenvalue weighted by Crippen LogP contribution is 1.85. The summed E-state index contributed by atoms with van der Waals surface area (Å²) in [5.74, 6) is 0.635. The molecule has 1 aromatic rings. The number of nitrogens with one attached hydrogen (secondary N) is 1. The third kappa shape index (κ3) is 3.98. The first-order valence-corrected chi connectivity index (χ1v) is 4.81. The van der Waals surface area contributed by atoms with Crippen molar-refractivity contribution in [2.45, 2.75) is 13.0 Å². The minimum Gasteiger partial charge on any atom is -0.354 e. The summed E-state index contributed by atoms with van der Waals surface area (Å²) in [5.41, 5.74) is 0. The molecule has 0 bridgehead atoms. The summed E-state index contributed by atoms with van der Waals surface area (Å²) in [7, 11) is 0. The number of hydrogen-bond donors (Lipinski definition) is 2. The van der Waals surface area contributed by atoms with Crippen LogP contribution in [0.1, 0.15) is 6.42 Å². The summed E-state index contributed by atoms with van der Waals surface area (Å²) in [4.78, 5) is 11.0. The second-order valence-electron chi connectivity index (χ2n) is 2.59. The second-order valence-corrected chi connectivity index (χ2v) is 3.04. The first kappa shape index (κ1) is 10.1. The van der Waals surface area contributed by atoms with Gasteiger partial charge in [0.15, 0.2) is 0 Å². The number of rotatable bonds is 5. The fourth-order valence-corrected chi connectivity index (χ4v) is 1.14. The van der Waals surface area contributed by atoms with Gasteiger partial charge in [-0.15, -0.1) is 0 Å². The van der Waals surface area contributed by atoms with Gasteiger partial charge in [-0.05, 0) is 11.8 Å². The van der Waals surface area contributed by atoms with E-state index in [0.29, 0.717) is 25.3 Å². The van der Waals surface area contributed by atoms with Crippen molar-refractivity contribution < 1.29 is 4.79 Å². The Hall–Kier alpha value is -0.970. The highest BCUT2D eigenvalue weighted by Gasteiger charge is 1.97. The van der Waals surface area contributed by atoms with Crippen molar-refractivity contribution in [3.8, 4) is 0 Å². The van der Waals surface area contributed by atoms with Crippen LogP contribution in [0.2, 0.25) is 0 Å². The Kier molecular flexibility index (Phi) is 4.39. The Morgan fingerprint density at radius 1 is 1.62 bits per heavy atom.